The molecule has 0 unspecified atom stereocenters. The molecule has 144 valence electrons. The van der Waals surface area contributed by atoms with Gasteiger partial charge >= 0.3 is 11.3 Å². The maximum Gasteiger partial charge on any atom is 0.360 e. The van der Waals surface area contributed by atoms with Crippen LogP contribution in [0.3, 0.4) is 0 Å². The van der Waals surface area contributed by atoms with E-state index in [1.165, 1.54) is 0 Å². The molecule has 6 rings (SSSR count). The van der Waals surface area contributed by atoms with Gasteiger partial charge in [0.25, 0.3) is 0 Å². The van der Waals surface area contributed by atoms with Crippen molar-refractivity contribution < 1.29 is 13.6 Å². The molecule has 2 aromatic heterocycles. The second kappa shape index (κ2) is 6.06. The van der Waals surface area contributed by atoms with Crippen LogP contribution in [0.5, 0.6) is 0 Å². The highest BCUT2D eigenvalue weighted by Crippen LogP contribution is 2.50. The smallest absolute Gasteiger partial charge is 0.360 e. The summed E-state index contributed by atoms with van der Waals surface area (Å²) in [5, 5.41) is 5.00. The molecule has 2 aromatic carbocycles. The van der Waals surface area contributed by atoms with E-state index in [0.717, 1.165) is 22.8 Å². The molecule has 4 heterocycles. The van der Waals surface area contributed by atoms with Crippen LogP contribution in [0, 0.1) is 5.92 Å². The van der Waals surface area contributed by atoms with Crippen LogP contribution in [0.25, 0.3) is 21.9 Å². The first kappa shape index (κ1) is 16.6. The lowest BCUT2D eigenvalue weighted by atomic mass is 9.80. The highest BCUT2D eigenvalue weighted by atomic mass is 16.5. The molecule has 0 radical (unpaired) electrons. The minimum atomic E-state index is -0.456. The highest BCUT2D eigenvalue weighted by Gasteiger charge is 2.44. The van der Waals surface area contributed by atoms with Gasteiger partial charge in [0.2, 0.25) is 0 Å². The predicted octanol–water partition coefficient (Wildman–Crippen LogP) is 4.14. The van der Waals surface area contributed by atoms with Gasteiger partial charge in [-0.1, -0.05) is 36.4 Å². The Kier molecular flexibility index (Phi) is 3.46. The second-order valence-electron chi connectivity index (χ2n) is 7.57. The molecule has 0 saturated carbocycles. The zero-order valence-corrected chi connectivity index (χ0v) is 15.4. The summed E-state index contributed by atoms with van der Waals surface area (Å²) in [6, 6.07) is 16.3. The van der Waals surface area contributed by atoms with E-state index < -0.39 is 11.3 Å². The lowest BCUT2D eigenvalue weighted by molar-refractivity contribution is 0.0833. The van der Waals surface area contributed by atoms with Crippen molar-refractivity contribution in [2.75, 3.05) is 11.9 Å². The lowest BCUT2D eigenvalue weighted by Crippen LogP contribution is -2.35. The lowest BCUT2D eigenvalue weighted by Gasteiger charge is -2.35. The number of rotatable bonds is 1. The van der Waals surface area contributed by atoms with Crippen LogP contribution in [0.4, 0.5) is 5.69 Å². The van der Waals surface area contributed by atoms with Gasteiger partial charge in [0.15, 0.2) is 0 Å². The Balaban J connectivity index is 1.58. The van der Waals surface area contributed by atoms with Crippen LogP contribution in [0.2, 0.25) is 0 Å². The summed E-state index contributed by atoms with van der Waals surface area (Å²) in [5.41, 5.74) is 1.91. The third kappa shape index (κ3) is 2.39. The average molecular weight is 387 g/mol. The summed E-state index contributed by atoms with van der Waals surface area (Å²) in [6.07, 6.45) is 0.499. The molecule has 3 atom stereocenters. The van der Waals surface area contributed by atoms with E-state index in [2.05, 4.69) is 5.32 Å². The Morgan fingerprint density at radius 1 is 0.897 bits per heavy atom. The summed E-state index contributed by atoms with van der Waals surface area (Å²) < 4.78 is 17.1. The van der Waals surface area contributed by atoms with Gasteiger partial charge in [0, 0.05) is 28.9 Å². The summed E-state index contributed by atoms with van der Waals surface area (Å²) in [5.74, 6) is 0.0109. The zero-order chi connectivity index (χ0) is 19.5. The number of benzene rings is 2. The van der Waals surface area contributed by atoms with Gasteiger partial charge in [-0.15, -0.1) is 0 Å². The molecule has 1 N–H and O–H groups in total. The van der Waals surface area contributed by atoms with Crippen molar-refractivity contribution in [3.63, 3.8) is 0 Å². The molecular weight excluding hydrogens is 370 g/mol. The Labute approximate surface area is 164 Å². The van der Waals surface area contributed by atoms with Gasteiger partial charge in [-0.2, -0.15) is 0 Å². The Hall–Kier alpha value is -3.38. The van der Waals surface area contributed by atoms with Crippen LogP contribution >= 0.6 is 0 Å². The van der Waals surface area contributed by atoms with E-state index >= 15 is 0 Å². The van der Waals surface area contributed by atoms with E-state index in [4.69, 9.17) is 13.6 Å². The predicted molar refractivity (Wildman–Crippen MR) is 108 cm³/mol. The van der Waals surface area contributed by atoms with Gasteiger partial charge < -0.3 is 18.9 Å². The van der Waals surface area contributed by atoms with Crippen molar-refractivity contribution in [3.05, 3.63) is 86.6 Å². The van der Waals surface area contributed by atoms with Crippen LogP contribution in [0.1, 0.15) is 29.7 Å². The fraction of sp³-hybridized carbons (Fsp3) is 0.217. The highest BCUT2D eigenvalue weighted by molar-refractivity contribution is 5.86. The number of hydrogen-bond donors (Lipinski definition) is 1. The Bertz CT molecular complexity index is 1390. The van der Waals surface area contributed by atoms with E-state index in [0.29, 0.717) is 29.0 Å². The van der Waals surface area contributed by atoms with Crippen molar-refractivity contribution in [2.45, 2.75) is 18.6 Å². The van der Waals surface area contributed by atoms with Gasteiger partial charge in [-0.25, -0.2) is 9.59 Å². The zero-order valence-electron chi connectivity index (χ0n) is 15.4. The molecule has 29 heavy (non-hydrogen) atoms. The molecule has 0 bridgehead atoms. The molecule has 2 aliphatic heterocycles. The van der Waals surface area contributed by atoms with Crippen LogP contribution in [0.15, 0.2) is 73.0 Å². The molecular formula is C23H17NO5. The van der Waals surface area contributed by atoms with Crippen molar-refractivity contribution in [1.29, 1.82) is 0 Å². The monoisotopic (exact) mass is 387 g/mol. The van der Waals surface area contributed by atoms with Gasteiger partial charge in [-0.05, 0) is 24.6 Å². The molecule has 0 spiro atoms. The number of hydrogen-bond acceptors (Lipinski definition) is 6. The minimum absolute atomic E-state index is 0.0109. The number of anilines is 1. The number of para-hydroxylation sites is 2. The van der Waals surface area contributed by atoms with Crippen molar-refractivity contribution >= 4 is 27.6 Å². The molecule has 6 nitrogen and oxygen atoms in total. The first-order chi connectivity index (χ1) is 14.2. The standard InChI is InChI=1S/C23H17NO5/c25-22-15(11-12-5-1-3-7-16(12)28-22)19-14-9-10-27-21(14)18-13-6-2-4-8-17(13)29-23(26)20(18)24-19/h1-8,11,14,19,21,24H,9-10H2/t14-,19+,21-/m0/s1. The van der Waals surface area contributed by atoms with Crippen LogP contribution < -0.4 is 16.6 Å². The third-order valence-electron chi connectivity index (χ3n) is 6.01. The van der Waals surface area contributed by atoms with E-state index in [1.807, 2.05) is 42.5 Å². The fourth-order valence-corrected chi connectivity index (χ4v) is 4.72. The van der Waals surface area contributed by atoms with E-state index in [9.17, 15) is 9.59 Å². The Morgan fingerprint density at radius 3 is 2.55 bits per heavy atom. The SMILES string of the molecule is O=c1oc2ccccc2cc1[C@@H]1Nc2c(c3ccccc3oc2=O)[C@H]2OCC[C@H]21. The number of nitrogens with one attached hydrogen (secondary N) is 1. The van der Waals surface area contributed by atoms with Crippen molar-refractivity contribution in [1.82, 2.24) is 0 Å². The topological polar surface area (TPSA) is 81.7 Å². The quantitative estimate of drug-likeness (QED) is 0.494. The summed E-state index contributed by atoms with van der Waals surface area (Å²) >= 11 is 0. The summed E-state index contributed by atoms with van der Waals surface area (Å²) in [7, 11) is 0. The average Bonchev–Trinajstić information content (AvgIpc) is 3.23. The van der Waals surface area contributed by atoms with E-state index in [1.54, 1.807) is 12.1 Å². The van der Waals surface area contributed by atoms with Crippen molar-refractivity contribution in [3.8, 4) is 0 Å². The molecule has 1 fully saturated rings. The van der Waals surface area contributed by atoms with Gasteiger partial charge in [0.1, 0.15) is 16.9 Å². The fourth-order valence-electron chi connectivity index (χ4n) is 4.72. The van der Waals surface area contributed by atoms with Gasteiger partial charge in [0.05, 0.1) is 17.7 Å². The molecule has 4 aromatic rings. The van der Waals surface area contributed by atoms with Crippen LogP contribution in [-0.2, 0) is 4.74 Å². The van der Waals surface area contributed by atoms with E-state index in [-0.39, 0.29) is 18.1 Å². The molecule has 6 heteroatoms. The second-order valence-corrected chi connectivity index (χ2v) is 7.57. The molecule has 0 aliphatic carbocycles. The first-order valence-corrected chi connectivity index (χ1v) is 9.67. The van der Waals surface area contributed by atoms with Crippen molar-refractivity contribution in [2.24, 2.45) is 5.92 Å². The maximum absolute atomic E-state index is 12.8. The van der Waals surface area contributed by atoms with Crippen LogP contribution in [-0.4, -0.2) is 6.61 Å². The largest absolute Gasteiger partial charge is 0.422 e. The first-order valence-electron chi connectivity index (χ1n) is 9.67. The molecule has 0 amide bonds. The number of ether oxygens (including phenoxy) is 1. The normalized spacial score (nSPS) is 23.0. The van der Waals surface area contributed by atoms with Gasteiger partial charge in [-0.3, -0.25) is 0 Å². The maximum atomic E-state index is 12.8. The summed E-state index contributed by atoms with van der Waals surface area (Å²) in [4.78, 5) is 25.5. The number of fused-ring (bicyclic) bond motifs is 6. The third-order valence-corrected chi connectivity index (χ3v) is 6.01. The summed E-state index contributed by atoms with van der Waals surface area (Å²) in [6.45, 7) is 0.570. The molecule has 1 saturated heterocycles. The molecule has 2 aliphatic rings. The Morgan fingerprint density at radius 2 is 1.66 bits per heavy atom. The minimum Gasteiger partial charge on any atom is -0.422 e.